The number of carboxylic acid groups (broad SMARTS) is 1. The third-order valence-corrected chi connectivity index (χ3v) is 4.33. The first-order chi connectivity index (χ1) is 8.59. The smallest absolute Gasteiger partial charge is 0.314 e. The van der Waals surface area contributed by atoms with Gasteiger partial charge in [-0.2, -0.15) is 0 Å². The fourth-order valence-electron chi connectivity index (χ4n) is 3.48. The first-order valence-electron chi connectivity index (χ1n) is 6.73. The fraction of sp³-hybridized carbons (Fsp3) is 0.600. The molecule has 0 saturated heterocycles. The van der Waals surface area contributed by atoms with Crippen molar-refractivity contribution in [3.63, 3.8) is 0 Å². The molecule has 1 N–H and O–H groups in total. The van der Waals surface area contributed by atoms with Gasteiger partial charge in [-0.1, -0.05) is 32.8 Å². The van der Waals surface area contributed by atoms with Crippen LogP contribution in [0.15, 0.2) is 24.5 Å². The molecule has 1 aromatic heterocycles. The molecular weight excluding hydrogens is 226 g/mol. The molecule has 2 rings (SSSR count). The highest BCUT2D eigenvalue weighted by Crippen LogP contribution is 2.47. The van der Waals surface area contributed by atoms with E-state index in [-0.39, 0.29) is 5.92 Å². The number of carbonyl (C=O) groups is 1. The van der Waals surface area contributed by atoms with Crippen LogP contribution in [0, 0.1) is 11.8 Å². The summed E-state index contributed by atoms with van der Waals surface area (Å²) in [5, 5.41) is 9.83. The maximum absolute atomic E-state index is 12.0. The average molecular weight is 247 g/mol. The van der Waals surface area contributed by atoms with Crippen molar-refractivity contribution >= 4 is 5.97 Å². The molecule has 3 heteroatoms. The number of hydrogen-bond acceptors (Lipinski definition) is 2. The van der Waals surface area contributed by atoms with E-state index in [1.54, 1.807) is 12.4 Å². The summed E-state index contributed by atoms with van der Waals surface area (Å²) >= 11 is 0. The third kappa shape index (κ3) is 2.02. The van der Waals surface area contributed by atoms with E-state index in [2.05, 4.69) is 18.8 Å². The second kappa shape index (κ2) is 5.09. The summed E-state index contributed by atoms with van der Waals surface area (Å²) in [4.78, 5) is 16.1. The van der Waals surface area contributed by atoms with Crippen molar-refractivity contribution in [3.8, 4) is 0 Å². The largest absolute Gasteiger partial charge is 0.481 e. The quantitative estimate of drug-likeness (QED) is 0.892. The molecule has 1 fully saturated rings. The van der Waals surface area contributed by atoms with E-state index in [1.807, 2.05) is 12.1 Å². The van der Waals surface area contributed by atoms with Gasteiger partial charge in [0.1, 0.15) is 0 Å². The van der Waals surface area contributed by atoms with Crippen LogP contribution in [-0.4, -0.2) is 16.1 Å². The van der Waals surface area contributed by atoms with Crippen LogP contribution < -0.4 is 0 Å². The number of pyridine rings is 1. The second-order valence-corrected chi connectivity index (χ2v) is 5.61. The van der Waals surface area contributed by atoms with E-state index < -0.39 is 11.4 Å². The van der Waals surface area contributed by atoms with Gasteiger partial charge in [0.25, 0.3) is 0 Å². The molecule has 0 amide bonds. The number of carboxylic acids is 1. The molecule has 1 aliphatic carbocycles. The van der Waals surface area contributed by atoms with Gasteiger partial charge < -0.3 is 5.11 Å². The van der Waals surface area contributed by atoms with Gasteiger partial charge in [-0.05, 0) is 36.3 Å². The summed E-state index contributed by atoms with van der Waals surface area (Å²) in [5.74, 6) is -0.108. The Morgan fingerprint density at radius 2 is 2.28 bits per heavy atom. The highest BCUT2D eigenvalue weighted by Gasteiger charge is 2.49. The Morgan fingerprint density at radius 1 is 1.50 bits per heavy atom. The predicted molar refractivity (Wildman–Crippen MR) is 70.3 cm³/mol. The van der Waals surface area contributed by atoms with E-state index in [0.717, 1.165) is 31.2 Å². The zero-order chi connectivity index (χ0) is 13.2. The average Bonchev–Trinajstić information content (AvgIpc) is 2.39. The van der Waals surface area contributed by atoms with Crippen molar-refractivity contribution in [1.29, 1.82) is 0 Å². The van der Waals surface area contributed by atoms with Gasteiger partial charge in [0, 0.05) is 12.4 Å². The Hall–Kier alpha value is -1.38. The lowest BCUT2D eigenvalue weighted by Crippen LogP contribution is -2.47. The van der Waals surface area contributed by atoms with Gasteiger partial charge in [-0.25, -0.2) is 0 Å². The highest BCUT2D eigenvalue weighted by atomic mass is 16.4. The van der Waals surface area contributed by atoms with Crippen LogP contribution in [0.1, 0.15) is 45.1 Å². The van der Waals surface area contributed by atoms with E-state index in [4.69, 9.17) is 0 Å². The monoisotopic (exact) mass is 247 g/mol. The molecule has 0 radical (unpaired) electrons. The maximum Gasteiger partial charge on any atom is 0.314 e. The second-order valence-electron chi connectivity index (χ2n) is 5.61. The van der Waals surface area contributed by atoms with E-state index >= 15 is 0 Å². The predicted octanol–water partition coefficient (Wildman–Crippen LogP) is 3.25. The molecule has 1 aliphatic rings. The van der Waals surface area contributed by atoms with Gasteiger partial charge in [0.2, 0.25) is 0 Å². The Bertz CT molecular complexity index is 416. The van der Waals surface area contributed by atoms with Crippen LogP contribution in [0.3, 0.4) is 0 Å². The summed E-state index contributed by atoms with van der Waals surface area (Å²) in [7, 11) is 0. The normalized spacial score (nSPS) is 28.3. The molecule has 1 aromatic rings. The molecular formula is C15H21NO2. The maximum atomic E-state index is 12.0. The third-order valence-electron chi connectivity index (χ3n) is 4.33. The lowest BCUT2D eigenvalue weighted by molar-refractivity contribution is -0.149. The fourth-order valence-corrected chi connectivity index (χ4v) is 3.48. The van der Waals surface area contributed by atoms with Crippen molar-refractivity contribution in [3.05, 3.63) is 30.1 Å². The van der Waals surface area contributed by atoms with Gasteiger partial charge in [0.15, 0.2) is 0 Å². The number of hydrogen-bond donors (Lipinski definition) is 1. The molecule has 18 heavy (non-hydrogen) atoms. The van der Waals surface area contributed by atoms with Crippen LogP contribution in [0.4, 0.5) is 0 Å². The summed E-state index contributed by atoms with van der Waals surface area (Å²) in [6.45, 7) is 4.26. The van der Waals surface area contributed by atoms with E-state index in [1.165, 1.54) is 0 Å². The van der Waals surface area contributed by atoms with Gasteiger partial charge >= 0.3 is 5.97 Å². The molecule has 2 unspecified atom stereocenters. The Balaban J connectivity index is 2.51. The number of aliphatic carboxylic acids is 1. The topological polar surface area (TPSA) is 50.2 Å². The van der Waals surface area contributed by atoms with E-state index in [9.17, 15) is 9.90 Å². The molecule has 3 nitrogen and oxygen atoms in total. The summed E-state index contributed by atoms with van der Waals surface area (Å²) < 4.78 is 0. The lowest BCUT2D eigenvalue weighted by Gasteiger charge is -2.43. The Labute approximate surface area is 108 Å². The van der Waals surface area contributed by atoms with Crippen molar-refractivity contribution in [1.82, 2.24) is 4.98 Å². The molecule has 0 spiro atoms. The van der Waals surface area contributed by atoms with Crippen molar-refractivity contribution < 1.29 is 9.90 Å². The van der Waals surface area contributed by atoms with Gasteiger partial charge in [-0.15, -0.1) is 0 Å². The zero-order valence-corrected chi connectivity index (χ0v) is 11.1. The van der Waals surface area contributed by atoms with Gasteiger partial charge in [-0.3, -0.25) is 9.78 Å². The standard InChI is InChI=1S/C15H21NO2/c1-11(2)13-7-3-4-8-15(13,14(17)18)12-6-5-9-16-10-12/h5-6,9-11,13H,3-4,7-8H2,1-2H3,(H,17,18). The summed E-state index contributed by atoms with van der Waals surface area (Å²) in [6, 6.07) is 3.76. The minimum absolute atomic E-state index is 0.202. The molecule has 0 aromatic carbocycles. The van der Waals surface area contributed by atoms with Crippen molar-refractivity contribution in [2.75, 3.05) is 0 Å². The van der Waals surface area contributed by atoms with Gasteiger partial charge in [0.05, 0.1) is 5.41 Å². The molecule has 1 heterocycles. The number of nitrogens with zero attached hydrogens (tertiary/aromatic N) is 1. The van der Waals surface area contributed by atoms with Crippen LogP contribution in [-0.2, 0) is 10.2 Å². The van der Waals surface area contributed by atoms with Crippen LogP contribution in [0.2, 0.25) is 0 Å². The number of aromatic nitrogens is 1. The molecule has 0 aliphatic heterocycles. The first-order valence-corrected chi connectivity index (χ1v) is 6.73. The van der Waals surface area contributed by atoms with Crippen molar-refractivity contribution in [2.24, 2.45) is 11.8 Å². The molecule has 0 bridgehead atoms. The van der Waals surface area contributed by atoms with Crippen LogP contribution in [0.5, 0.6) is 0 Å². The molecule has 2 atom stereocenters. The minimum atomic E-state index is -0.735. The SMILES string of the molecule is CC(C)C1CCCCC1(C(=O)O)c1cccnc1. The lowest BCUT2D eigenvalue weighted by atomic mass is 9.59. The van der Waals surface area contributed by atoms with Crippen LogP contribution >= 0.6 is 0 Å². The van der Waals surface area contributed by atoms with Crippen molar-refractivity contribution in [2.45, 2.75) is 44.9 Å². The Kier molecular flexibility index (Phi) is 3.69. The van der Waals surface area contributed by atoms with E-state index in [0.29, 0.717) is 5.92 Å². The summed E-state index contributed by atoms with van der Waals surface area (Å²) in [6.07, 6.45) is 7.29. The Morgan fingerprint density at radius 3 is 2.83 bits per heavy atom. The van der Waals surface area contributed by atoms with Crippen LogP contribution in [0.25, 0.3) is 0 Å². The highest BCUT2D eigenvalue weighted by molar-refractivity contribution is 5.82. The minimum Gasteiger partial charge on any atom is -0.481 e. The number of rotatable bonds is 3. The zero-order valence-electron chi connectivity index (χ0n) is 11.1. The first kappa shape index (κ1) is 13.1. The summed E-state index contributed by atoms with van der Waals surface area (Å²) in [5.41, 5.74) is 0.136. The molecule has 98 valence electrons. The molecule has 1 saturated carbocycles.